The summed E-state index contributed by atoms with van der Waals surface area (Å²) in [5.74, 6) is -3.40. The molecule has 32 heavy (non-hydrogen) atoms. The van der Waals surface area contributed by atoms with Crippen molar-refractivity contribution in [3.05, 3.63) is 47.5 Å². The number of aliphatic hydroxyl groups excluding tert-OH is 1. The number of aliphatic imine (C=N–C) groups is 1. The van der Waals surface area contributed by atoms with E-state index >= 15 is 0 Å². The first-order valence-electron chi connectivity index (χ1n) is 10.2. The third-order valence-electron chi connectivity index (χ3n) is 5.09. The van der Waals surface area contributed by atoms with Crippen LogP contribution in [0.1, 0.15) is 44.0 Å². The van der Waals surface area contributed by atoms with Gasteiger partial charge in [-0.2, -0.15) is 0 Å². The quantitative estimate of drug-likeness (QED) is 0.677. The van der Waals surface area contributed by atoms with E-state index in [0.717, 1.165) is 0 Å². The summed E-state index contributed by atoms with van der Waals surface area (Å²) in [5.41, 5.74) is -1.10. The summed E-state index contributed by atoms with van der Waals surface area (Å²) >= 11 is 0. The molecule has 0 bridgehead atoms. The Hall–Kier alpha value is -3.56. The number of aliphatic hydroxyl groups is 1. The van der Waals surface area contributed by atoms with Crippen molar-refractivity contribution in [1.82, 2.24) is 9.80 Å². The highest BCUT2D eigenvalue weighted by atomic mass is 16.6. The molecule has 10 nitrogen and oxygen atoms in total. The third kappa shape index (κ3) is 4.84. The molecule has 0 aliphatic carbocycles. The summed E-state index contributed by atoms with van der Waals surface area (Å²) in [5, 5.41) is 20.4. The second-order valence-electron chi connectivity index (χ2n) is 8.60. The summed E-state index contributed by atoms with van der Waals surface area (Å²) in [7, 11) is 1.49. The van der Waals surface area contributed by atoms with Crippen LogP contribution in [-0.4, -0.2) is 75.2 Å². The first kappa shape index (κ1) is 23.1. The summed E-state index contributed by atoms with van der Waals surface area (Å²) in [6, 6.07) is 7.46. The van der Waals surface area contributed by atoms with Crippen molar-refractivity contribution in [2.45, 2.75) is 51.4 Å². The Morgan fingerprint density at radius 3 is 2.41 bits per heavy atom. The van der Waals surface area contributed by atoms with Gasteiger partial charge in [0.1, 0.15) is 11.8 Å². The highest BCUT2D eigenvalue weighted by Crippen LogP contribution is 2.31. The zero-order valence-electron chi connectivity index (χ0n) is 18.4. The molecule has 0 aromatic heterocycles. The Kier molecular flexibility index (Phi) is 6.42. The van der Waals surface area contributed by atoms with Crippen LogP contribution in [0.25, 0.3) is 0 Å². The Morgan fingerprint density at radius 1 is 1.16 bits per heavy atom. The lowest BCUT2D eigenvalue weighted by molar-refractivity contribution is -0.129. The van der Waals surface area contributed by atoms with E-state index in [-0.39, 0.29) is 5.56 Å². The molecule has 2 N–H and O–H groups in total. The predicted octanol–water partition coefficient (Wildman–Crippen LogP) is 2.77. The molecule has 2 aliphatic rings. The van der Waals surface area contributed by atoms with E-state index in [4.69, 9.17) is 9.47 Å². The van der Waals surface area contributed by atoms with E-state index in [1.165, 1.54) is 29.0 Å². The van der Waals surface area contributed by atoms with Gasteiger partial charge in [-0.15, -0.1) is 0 Å². The lowest BCUT2D eigenvalue weighted by atomic mass is 10.1. The second kappa shape index (κ2) is 8.89. The number of ether oxygens (including phenoxy) is 2. The van der Waals surface area contributed by atoms with Gasteiger partial charge in [-0.05, 0) is 45.7 Å². The summed E-state index contributed by atoms with van der Waals surface area (Å²) < 4.78 is 10.7. The van der Waals surface area contributed by atoms with Crippen molar-refractivity contribution < 1.29 is 34.1 Å². The fourth-order valence-electron chi connectivity index (χ4n) is 3.63. The largest absolute Gasteiger partial charge is 0.492 e. The van der Waals surface area contributed by atoms with E-state index in [1.807, 2.05) is 0 Å². The lowest BCUT2D eigenvalue weighted by Crippen LogP contribution is -2.52. The standard InChI is InChI=1S/C22H27N3O7/c1-22(2,3)32-21(30)25-12-8-11-14(25)17-23-15(19(27)28)16(18(26)24(17)4)31-20(29)13-9-6-5-7-10-13/h5-7,9-10,14,17,26H,8,11-12H2,1-4H3,(H,27,28). The molecule has 1 saturated heterocycles. The monoisotopic (exact) mass is 445 g/mol. The number of carbonyl (C=O) groups excluding carboxylic acids is 2. The number of likely N-dealkylation sites (tertiary alicyclic amines) is 1. The molecule has 1 amide bonds. The van der Waals surface area contributed by atoms with E-state index in [0.29, 0.717) is 19.4 Å². The van der Waals surface area contributed by atoms with Crippen LogP contribution in [0.4, 0.5) is 4.79 Å². The third-order valence-corrected chi connectivity index (χ3v) is 5.09. The van der Waals surface area contributed by atoms with Gasteiger partial charge in [0.05, 0.1) is 11.6 Å². The lowest BCUT2D eigenvalue weighted by Gasteiger charge is -2.38. The van der Waals surface area contributed by atoms with Gasteiger partial charge in [0.2, 0.25) is 11.6 Å². The van der Waals surface area contributed by atoms with Crippen molar-refractivity contribution >= 4 is 23.7 Å². The number of likely N-dealkylation sites (N-methyl/N-ethyl adjacent to an activating group) is 1. The molecule has 10 heteroatoms. The molecule has 2 aliphatic heterocycles. The number of amides is 1. The Balaban J connectivity index is 1.89. The molecular weight excluding hydrogens is 418 g/mol. The number of carboxylic acids is 1. The zero-order valence-corrected chi connectivity index (χ0v) is 18.4. The van der Waals surface area contributed by atoms with Gasteiger partial charge in [0.25, 0.3) is 0 Å². The number of carbonyl (C=O) groups is 3. The maximum Gasteiger partial charge on any atom is 0.410 e. The maximum absolute atomic E-state index is 12.7. The molecule has 3 rings (SSSR count). The molecule has 1 fully saturated rings. The Labute approximate surface area is 185 Å². The van der Waals surface area contributed by atoms with Crippen LogP contribution in [-0.2, 0) is 14.3 Å². The molecule has 172 valence electrons. The van der Waals surface area contributed by atoms with Crippen molar-refractivity contribution in [2.24, 2.45) is 4.99 Å². The summed E-state index contributed by atoms with van der Waals surface area (Å²) in [6.45, 7) is 5.68. The minimum absolute atomic E-state index is 0.189. The van der Waals surface area contributed by atoms with Gasteiger partial charge in [-0.3, -0.25) is 0 Å². The molecule has 0 radical (unpaired) electrons. The number of hydrogen-bond donors (Lipinski definition) is 2. The van der Waals surface area contributed by atoms with Crippen molar-refractivity contribution in [3.8, 4) is 0 Å². The molecule has 2 atom stereocenters. The van der Waals surface area contributed by atoms with Crippen LogP contribution < -0.4 is 0 Å². The molecule has 0 saturated carbocycles. The first-order valence-corrected chi connectivity index (χ1v) is 10.2. The maximum atomic E-state index is 12.7. The minimum atomic E-state index is -1.47. The molecule has 0 spiro atoms. The highest BCUT2D eigenvalue weighted by Gasteiger charge is 2.44. The SMILES string of the molecule is CN1C(O)=C(OC(=O)c2ccccc2)C(C(=O)O)=NC1C1CCCN1C(=O)OC(C)(C)C. The molecule has 2 heterocycles. The number of aliphatic carboxylic acids is 1. The van der Waals surface area contributed by atoms with E-state index in [9.17, 15) is 24.6 Å². The van der Waals surface area contributed by atoms with Crippen molar-refractivity contribution in [2.75, 3.05) is 13.6 Å². The summed E-state index contributed by atoms with van der Waals surface area (Å²) in [6.07, 6.45) is -0.218. The van der Waals surface area contributed by atoms with Crippen LogP contribution in [0.2, 0.25) is 0 Å². The van der Waals surface area contributed by atoms with Gasteiger partial charge >= 0.3 is 18.0 Å². The fourth-order valence-corrected chi connectivity index (χ4v) is 3.63. The van der Waals surface area contributed by atoms with Crippen molar-refractivity contribution in [3.63, 3.8) is 0 Å². The topological polar surface area (TPSA) is 129 Å². The highest BCUT2D eigenvalue weighted by molar-refractivity contribution is 6.42. The molecule has 1 aromatic rings. The van der Waals surface area contributed by atoms with E-state index < -0.39 is 53.2 Å². The first-order chi connectivity index (χ1) is 15.0. The fraction of sp³-hybridized carbons (Fsp3) is 0.455. The number of rotatable bonds is 4. The number of carboxylic acid groups (broad SMARTS) is 1. The average molecular weight is 445 g/mol. The van der Waals surface area contributed by atoms with Crippen LogP contribution in [0.5, 0.6) is 0 Å². The number of esters is 1. The average Bonchev–Trinajstić information content (AvgIpc) is 3.20. The predicted molar refractivity (Wildman–Crippen MR) is 114 cm³/mol. The van der Waals surface area contributed by atoms with Gasteiger partial charge < -0.3 is 29.5 Å². The normalized spacial score (nSPS) is 21.3. The molecule has 2 unspecified atom stereocenters. The van der Waals surface area contributed by atoms with E-state index in [2.05, 4.69) is 4.99 Å². The van der Waals surface area contributed by atoms with E-state index in [1.54, 1.807) is 39.0 Å². The van der Waals surface area contributed by atoms with Crippen LogP contribution in [0, 0.1) is 0 Å². The number of nitrogens with zero attached hydrogens (tertiary/aromatic N) is 3. The summed E-state index contributed by atoms with van der Waals surface area (Å²) in [4.78, 5) is 44.0. The van der Waals surface area contributed by atoms with Crippen LogP contribution >= 0.6 is 0 Å². The number of benzene rings is 1. The second-order valence-corrected chi connectivity index (χ2v) is 8.60. The number of hydrogen-bond acceptors (Lipinski definition) is 8. The van der Waals surface area contributed by atoms with Crippen LogP contribution in [0.3, 0.4) is 0 Å². The minimum Gasteiger partial charge on any atom is -0.492 e. The zero-order chi connectivity index (χ0) is 23.6. The van der Waals surface area contributed by atoms with Crippen molar-refractivity contribution in [1.29, 1.82) is 0 Å². The smallest absolute Gasteiger partial charge is 0.410 e. The molecule has 1 aromatic carbocycles. The molecular formula is C22H27N3O7. The Bertz CT molecular complexity index is 965. The van der Waals surface area contributed by atoms with Gasteiger partial charge in [0.15, 0.2) is 5.71 Å². The van der Waals surface area contributed by atoms with Gasteiger partial charge in [-0.1, -0.05) is 18.2 Å². The Morgan fingerprint density at radius 2 is 1.81 bits per heavy atom. The van der Waals surface area contributed by atoms with Gasteiger partial charge in [-0.25, -0.2) is 19.4 Å². The van der Waals surface area contributed by atoms with Crippen LogP contribution in [0.15, 0.2) is 47.0 Å². The van der Waals surface area contributed by atoms with Gasteiger partial charge in [0, 0.05) is 13.6 Å².